The first-order chi connectivity index (χ1) is 10.2. The summed E-state index contributed by atoms with van der Waals surface area (Å²) < 4.78 is 2.03. The maximum Gasteiger partial charge on any atom is 0.230 e. The SMILES string of the molecule is CCNCCNC(=O)CSCc1cn2cc(C)ccc2n1. The second-order valence-electron chi connectivity index (χ2n) is 4.90. The Bertz CT molecular complexity index is 596. The lowest BCUT2D eigenvalue weighted by Gasteiger charge is -2.04. The zero-order valence-corrected chi connectivity index (χ0v) is 13.4. The molecule has 5 nitrogen and oxygen atoms in total. The van der Waals surface area contributed by atoms with Crippen LogP contribution in [0.3, 0.4) is 0 Å². The number of carbonyl (C=O) groups is 1. The van der Waals surface area contributed by atoms with Gasteiger partial charge in [-0.25, -0.2) is 4.98 Å². The van der Waals surface area contributed by atoms with Gasteiger partial charge in [-0.15, -0.1) is 11.8 Å². The van der Waals surface area contributed by atoms with Gasteiger partial charge in [0.1, 0.15) is 5.65 Å². The lowest BCUT2D eigenvalue weighted by Crippen LogP contribution is -2.32. The highest BCUT2D eigenvalue weighted by Gasteiger charge is 2.04. The smallest absolute Gasteiger partial charge is 0.230 e. The highest BCUT2D eigenvalue weighted by molar-refractivity contribution is 7.99. The quantitative estimate of drug-likeness (QED) is 0.727. The van der Waals surface area contributed by atoms with Crippen molar-refractivity contribution in [2.24, 2.45) is 0 Å². The van der Waals surface area contributed by atoms with E-state index < -0.39 is 0 Å². The first-order valence-electron chi connectivity index (χ1n) is 7.18. The number of likely N-dealkylation sites (N-methyl/N-ethyl adjacent to an activating group) is 1. The molecule has 0 aliphatic carbocycles. The molecule has 0 fully saturated rings. The van der Waals surface area contributed by atoms with Crippen molar-refractivity contribution in [2.75, 3.05) is 25.4 Å². The van der Waals surface area contributed by atoms with Crippen molar-refractivity contribution in [3.05, 3.63) is 35.8 Å². The Morgan fingerprint density at radius 2 is 2.19 bits per heavy atom. The predicted molar refractivity (Wildman–Crippen MR) is 87.6 cm³/mol. The van der Waals surface area contributed by atoms with Crippen LogP contribution in [0.4, 0.5) is 0 Å². The number of aromatic nitrogens is 2. The molecule has 2 rings (SSSR count). The summed E-state index contributed by atoms with van der Waals surface area (Å²) in [6.07, 6.45) is 4.09. The first kappa shape index (κ1) is 15.9. The fraction of sp³-hybridized carbons (Fsp3) is 0.467. The molecule has 114 valence electrons. The van der Waals surface area contributed by atoms with Gasteiger partial charge < -0.3 is 15.0 Å². The average molecular weight is 306 g/mol. The lowest BCUT2D eigenvalue weighted by molar-refractivity contribution is -0.118. The van der Waals surface area contributed by atoms with Crippen LogP contribution in [0.25, 0.3) is 5.65 Å². The van der Waals surface area contributed by atoms with E-state index in [1.165, 1.54) is 5.56 Å². The maximum absolute atomic E-state index is 11.6. The second kappa shape index (κ2) is 8.05. The molecule has 0 saturated heterocycles. The lowest BCUT2D eigenvalue weighted by atomic mass is 10.3. The molecular formula is C15H22N4OS. The Labute approximate surface area is 129 Å². The number of nitrogens with one attached hydrogen (secondary N) is 2. The summed E-state index contributed by atoms with van der Waals surface area (Å²) in [5, 5.41) is 6.06. The number of pyridine rings is 1. The first-order valence-corrected chi connectivity index (χ1v) is 8.34. The number of amides is 1. The van der Waals surface area contributed by atoms with Gasteiger partial charge in [0.15, 0.2) is 0 Å². The Balaban J connectivity index is 1.73. The van der Waals surface area contributed by atoms with E-state index in [2.05, 4.69) is 34.8 Å². The molecular weight excluding hydrogens is 284 g/mol. The fourth-order valence-corrected chi connectivity index (χ4v) is 2.73. The van der Waals surface area contributed by atoms with Gasteiger partial charge in [-0.3, -0.25) is 4.79 Å². The number of hydrogen-bond acceptors (Lipinski definition) is 4. The molecule has 1 amide bonds. The molecule has 0 aromatic carbocycles. The zero-order chi connectivity index (χ0) is 15.1. The van der Waals surface area contributed by atoms with Crippen LogP contribution >= 0.6 is 11.8 Å². The molecule has 6 heteroatoms. The summed E-state index contributed by atoms with van der Waals surface area (Å²) in [4.78, 5) is 16.2. The van der Waals surface area contributed by atoms with E-state index in [1.54, 1.807) is 11.8 Å². The predicted octanol–water partition coefficient (Wildman–Crippen LogP) is 1.60. The molecule has 0 aliphatic heterocycles. The van der Waals surface area contributed by atoms with E-state index >= 15 is 0 Å². The molecule has 0 aliphatic rings. The normalized spacial score (nSPS) is 11.0. The summed E-state index contributed by atoms with van der Waals surface area (Å²) in [6, 6.07) is 4.06. The van der Waals surface area contributed by atoms with Crippen molar-refractivity contribution in [3.8, 4) is 0 Å². The number of imidazole rings is 1. The van der Waals surface area contributed by atoms with Crippen LogP contribution < -0.4 is 10.6 Å². The van der Waals surface area contributed by atoms with Gasteiger partial charge >= 0.3 is 0 Å². The summed E-state index contributed by atoms with van der Waals surface area (Å²) in [5.41, 5.74) is 3.16. The maximum atomic E-state index is 11.6. The Kier molecular flexibility index (Phi) is 6.07. The van der Waals surface area contributed by atoms with E-state index in [0.717, 1.165) is 30.2 Å². The summed E-state index contributed by atoms with van der Waals surface area (Å²) >= 11 is 1.59. The zero-order valence-electron chi connectivity index (χ0n) is 12.6. The summed E-state index contributed by atoms with van der Waals surface area (Å²) in [6.45, 7) is 6.54. The summed E-state index contributed by atoms with van der Waals surface area (Å²) in [7, 11) is 0. The molecule has 0 atom stereocenters. The van der Waals surface area contributed by atoms with Crippen molar-refractivity contribution in [1.82, 2.24) is 20.0 Å². The standard InChI is InChI=1S/C15H22N4OS/c1-3-16-6-7-17-15(20)11-21-10-13-9-19-8-12(2)4-5-14(19)18-13/h4-5,8-9,16H,3,6-7,10-11H2,1-2H3,(H,17,20). The molecule has 0 bridgehead atoms. The van der Waals surface area contributed by atoms with E-state index in [9.17, 15) is 4.79 Å². The number of fused-ring (bicyclic) bond motifs is 1. The van der Waals surface area contributed by atoms with Gasteiger partial charge in [-0.2, -0.15) is 0 Å². The van der Waals surface area contributed by atoms with E-state index in [1.807, 2.05) is 23.6 Å². The van der Waals surface area contributed by atoms with Crippen LogP contribution in [0.1, 0.15) is 18.2 Å². The molecule has 2 aromatic rings. The highest BCUT2D eigenvalue weighted by Crippen LogP contribution is 2.13. The van der Waals surface area contributed by atoms with Crippen molar-refractivity contribution < 1.29 is 4.79 Å². The number of rotatable bonds is 8. The number of hydrogen-bond donors (Lipinski definition) is 2. The molecule has 2 N–H and O–H groups in total. The monoisotopic (exact) mass is 306 g/mol. The van der Waals surface area contributed by atoms with Crippen molar-refractivity contribution in [1.29, 1.82) is 0 Å². The second-order valence-corrected chi connectivity index (χ2v) is 5.89. The Hall–Kier alpha value is -1.53. The minimum Gasteiger partial charge on any atom is -0.354 e. The number of thioether (sulfide) groups is 1. The van der Waals surface area contributed by atoms with Crippen LogP contribution in [-0.2, 0) is 10.5 Å². The average Bonchev–Trinajstić information content (AvgIpc) is 2.85. The van der Waals surface area contributed by atoms with E-state index in [4.69, 9.17) is 0 Å². The van der Waals surface area contributed by atoms with E-state index in [-0.39, 0.29) is 5.91 Å². The third-order valence-corrected chi connectivity index (χ3v) is 3.97. The van der Waals surface area contributed by atoms with Crippen molar-refractivity contribution in [2.45, 2.75) is 19.6 Å². The largest absolute Gasteiger partial charge is 0.354 e. The Morgan fingerprint density at radius 3 is 3.00 bits per heavy atom. The summed E-state index contributed by atoms with van der Waals surface area (Å²) in [5.74, 6) is 1.30. The third kappa shape index (κ3) is 5.06. The highest BCUT2D eigenvalue weighted by atomic mass is 32.2. The Morgan fingerprint density at radius 1 is 1.33 bits per heavy atom. The molecule has 0 spiro atoms. The van der Waals surface area contributed by atoms with Gasteiger partial charge in [-0.05, 0) is 25.1 Å². The third-order valence-electron chi connectivity index (χ3n) is 3.01. The minimum atomic E-state index is 0.0810. The number of carbonyl (C=O) groups excluding carboxylic acids is 1. The van der Waals surface area contributed by atoms with Crippen LogP contribution in [-0.4, -0.2) is 40.7 Å². The molecule has 0 unspecified atom stereocenters. The number of nitrogens with zero attached hydrogens (tertiary/aromatic N) is 2. The van der Waals surface area contributed by atoms with E-state index in [0.29, 0.717) is 12.3 Å². The number of aryl methyl sites for hydroxylation is 1. The van der Waals surface area contributed by atoms with Crippen LogP contribution in [0, 0.1) is 6.92 Å². The topological polar surface area (TPSA) is 58.4 Å². The van der Waals surface area contributed by atoms with Crippen LogP contribution in [0.5, 0.6) is 0 Å². The van der Waals surface area contributed by atoms with Gasteiger partial charge in [0.2, 0.25) is 5.91 Å². The van der Waals surface area contributed by atoms with Gasteiger partial charge in [-0.1, -0.05) is 13.0 Å². The molecule has 2 heterocycles. The minimum absolute atomic E-state index is 0.0810. The molecule has 21 heavy (non-hydrogen) atoms. The van der Waals surface area contributed by atoms with Crippen LogP contribution in [0.15, 0.2) is 24.5 Å². The van der Waals surface area contributed by atoms with Crippen molar-refractivity contribution >= 4 is 23.3 Å². The molecule has 2 aromatic heterocycles. The van der Waals surface area contributed by atoms with Crippen molar-refractivity contribution in [3.63, 3.8) is 0 Å². The molecule has 0 saturated carbocycles. The molecule has 0 radical (unpaired) electrons. The van der Waals surface area contributed by atoms with Gasteiger partial charge in [0, 0.05) is 31.2 Å². The van der Waals surface area contributed by atoms with Gasteiger partial charge in [0.05, 0.1) is 11.4 Å². The fourth-order valence-electron chi connectivity index (χ4n) is 1.99. The van der Waals surface area contributed by atoms with Crippen LogP contribution in [0.2, 0.25) is 0 Å². The van der Waals surface area contributed by atoms with Gasteiger partial charge in [0.25, 0.3) is 0 Å².